The van der Waals surface area contributed by atoms with Crippen LogP contribution in [0.4, 0.5) is 0 Å². The van der Waals surface area contributed by atoms with Gasteiger partial charge in [-0.1, -0.05) is 42.5 Å². The van der Waals surface area contributed by atoms with Crippen molar-refractivity contribution in [3.8, 4) is 0 Å². The van der Waals surface area contributed by atoms with E-state index in [1.807, 2.05) is 47.2 Å². The molecule has 0 aliphatic rings. The lowest BCUT2D eigenvalue weighted by molar-refractivity contribution is 0.0696. The number of carboxylic acid groups (broad SMARTS) is 1. The Labute approximate surface area is 145 Å². The second-order valence-electron chi connectivity index (χ2n) is 5.70. The number of benzene rings is 2. The molecule has 0 unspecified atom stereocenters. The van der Waals surface area contributed by atoms with E-state index in [1.54, 1.807) is 24.3 Å². The molecule has 0 saturated carbocycles. The Morgan fingerprint density at radius 3 is 2.44 bits per heavy atom. The number of amides is 1. The SMILES string of the molecule is O=C(O)c1cccc(CNC(=O)c2cccn2Cc2ccccc2)c1. The van der Waals surface area contributed by atoms with Crippen LogP contribution < -0.4 is 5.32 Å². The van der Waals surface area contributed by atoms with Gasteiger partial charge in [0, 0.05) is 19.3 Å². The number of rotatable bonds is 6. The van der Waals surface area contributed by atoms with Crippen LogP contribution in [0.1, 0.15) is 32.0 Å². The predicted octanol–water partition coefficient (Wildman–Crippen LogP) is 3.16. The van der Waals surface area contributed by atoms with Crippen molar-refractivity contribution in [2.75, 3.05) is 0 Å². The first kappa shape index (κ1) is 16.5. The largest absolute Gasteiger partial charge is 0.478 e. The van der Waals surface area contributed by atoms with Crippen LogP contribution in [0.3, 0.4) is 0 Å². The molecule has 2 N–H and O–H groups in total. The zero-order chi connectivity index (χ0) is 17.6. The lowest BCUT2D eigenvalue weighted by Gasteiger charge is -2.10. The highest BCUT2D eigenvalue weighted by atomic mass is 16.4. The summed E-state index contributed by atoms with van der Waals surface area (Å²) in [6.07, 6.45) is 1.87. The van der Waals surface area contributed by atoms with Crippen LogP contribution in [-0.2, 0) is 13.1 Å². The maximum Gasteiger partial charge on any atom is 0.335 e. The molecule has 0 radical (unpaired) electrons. The molecule has 25 heavy (non-hydrogen) atoms. The highest BCUT2D eigenvalue weighted by Gasteiger charge is 2.11. The van der Waals surface area contributed by atoms with Gasteiger partial charge in [0.1, 0.15) is 5.69 Å². The highest BCUT2D eigenvalue weighted by Crippen LogP contribution is 2.09. The number of carboxylic acids is 1. The number of aromatic nitrogens is 1. The van der Waals surface area contributed by atoms with Gasteiger partial charge in [0.25, 0.3) is 5.91 Å². The van der Waals surface area contributed by atoms with Gasteiger partial charge in [0.05, 0.1) is 5.56 Å². The molecule has 1 aromatic heterocycles. The van der Waals surface area contributed by atoms with Crippen molar-refractivity contribution in [2.24, 2.45) is 0 Å². The number of hydrogen-bond acceptors (Lipinski definition) is 2. The Morgan fingerprint density at radius 2 is 1.68 bits per heavy atom. The molecule has 5 heteroatoms. The van der Waals surface area contributed by atoms with Crippen molar-refractivity contribution in [1.29, 1.82) is 0 Å². The molecule has 0 aliphatic carbocycles. The molecule has 0 atom stereocenters. The van der Waals surface area contributed by atoms with Gasteiger partial charge in [-0.2, -0.15) is 0 Å². The van der Waals surface area contributed by atoms with Crippen LogP contribution in [0.15, 0.2) is 72.9 Å². The van der Waals surface area contributed by atoms with E-state index >= 15 is 0 Å². The van der Waals surface area contributed by atoms with Gasteiger partial charge in [-0.05, 0) is 35.4 Å². The lowest BCUT2D eigenvalue weighted by atomic mass is 10.1. The summed E-state index contributed by atoms with van der Waals surface area (Å²) in [6, 6.07) is 20.1. The smallest absolute Gasteiger partial charge is 0.335 e. The molecule has 1 heterocycles. The van der Waals surface area contributed by atoms with Crippen molar-refractivity contribution in [3.63, 3.8) is 0 Å². The minimum absolute atomic E-state index is 0.193. The summed E-state index contributed by atoms with van der Waals surface area (Å²) in [5.41, 5.74) is 2.63. The van der Waals surface area contributed by atoms with Gasteiger partial charge in [-0.3, -0.25) is 4.79 Å². The number of hydrogen-bond donors (Lipinski definition) is 2. The fourth-order valence-corrected chi connectivity index (χ4v) is 2.63. The fourth-order valence-electron chi connectivity index (χ4n) is 2.63. The van der Waals surface area contributed by atoms with Gasteiger partial charge in [-0.25, -0.2) is 4.79 Å². The summed E-state index contributed by atoms with van der Waals surface area (Å²) in [4.78, 5) is 23.5. The summed E-state index contributed by atoms with van der Waals surface area (Å²) >= 11 is 0. The van der Waals surface area contributed by atoms with Crippen LogP contribution in [-0.4, -0.2) is 21.6 Å². The van der Waals surface area contributed by atoms with Gasteiger partial charge in [-0.15, -0.1) is 0 Å². The number of aromatic carboxylic acids is 1. The van der Waals surface area contributed by atoms with Gasteiger partial charge in [0.2, 0.25) is 0 Å². The van der Waals surface area contributed by atoms with Gasteiger partial charge >= 0.3 is 5.97 Å². The van der Waals surface area contributed by atoms with Crippen LogP contribution in [0, 0.1) is 0 Å². The van der Waals surface area contributed by atoms with Crippen molar-refractivity contribution < 1.29 is 14.7 Å². The first-order chi connectivity index (χ1) is 12.1. The van der Waals surface area contributed by atoms with E-state index in [4.69, 9.17) is 5.11 Å². The molecule has 0 fully saturated rings. The van der Waals surface area contributed by atoms with E-state index in [9.17, 15) is 9.59 Å². The molecular formula is C20H18N2O3. The Balaban J connectivity index is 1.67. The third kappa shape index (κ3) is 4.14. The number of carbonyl (C=O) groups is 2. The average Bonchev–Trinajstić information content (AvgIpc) is 3.09. The van der Waals surface area contributed by atoms with Crippen LogP contribution in [0.5, 0.6) is 0 Å². The van der Waals surface area contributed by atoms with Crippen LogP contribution >= 0.6 is 0 Å². The molecule has 0 aliphatic heterocycles. The molecule has 0 bridgehead atoms. The molecule has 3 rings (SSSR count). The molecule has 2 aromatic carbocycles. The summed E-state index contributed by atoms with van der Waals surface area (Å²) in [5, 5.41) is 11.9. The number of carbonyl (C=O) groups excluding carboxylic acids is 1. The zero-order valence-electron chi connectivity index (χ0n) is 13.6. The second-order valence-corrected chi connectivity index (χ2v) is 5.70. The van der Waals surface area contributed by atoms with Gasteiger partial charge < -0.3 is 15.0 Å². The topological polar surface area (TPSA) is 71.3 Å². The van der Waals surface area contributed by atoms with E-state index < -0.39 is 5.97 Å². The quantitative estimate of drug-likeness (QED) is 0.727. The third-order valence-corrected chi connectivity index (χ3v) is 3.88. The summed E-state index contributed by atoms with van der Waals surface area (Å²) in [5.74, 6) is -1.17. The van der Waals surface area contributed by atoms with E-state index in [2.05, 4.69) is 5.32 Å². The maximum absolute atomic E-state index is 12.5. The predicted molar refractivity (Wildman–Crippen MR) is 94.5 cm³/mol. The Morgan fingerprint density at radius 1 is 0.920 bits per heavy atom. The fraction of sp³-hybridized carbons (Fsp3) is 0.100. The minimum Gasteiger partial charge on any atom is -0.478 e. The van der Waals surface area contributed by atoms with E-state index in [0.717, 1.165) is 11.1 Å². The lowest BCUT2D eigenvalue weighted by Crippen LogP contribution is -2.25. The zero-order valence-corrected chi connectivity index (χ0v) is 13.6. The molecule has 0 saturated heterocycles. The van der Waals surface area contributed by atoms with E-state index in [0.29, 0.717) is 12.2 Å². The number of nitrogens with one attached hydrogen (secondary N) is 1. The minimum atomic E-state index is -0.982. The molecule has 1 amide bonds. The van der Waals surface area contributed by atoms with Crippen LogP contribution in [0.25, 0.3) is 0 Å². The first-order valence-corrected chi connectivity index (χ1v) is 7.93. The Kier molecular flexibility index (Phi) is 4.95. The number of nitrogens with zero attached hydrogens (tertiary/aromatic N) is 1. The standard InChI is InChI=1S/C20H18N2O3/c23-19(21-13-16-8-4-9-17(12-16)20(24)25)18-10-5-11-22(18)14-15-6-2-1-3-7-15/h1-12H,13-14H2,(H,21,23)(H,24,25). The van der Waals surface area contributed by atoms with Crippen molar-refractivity contribution in [1.82, 2.24) is 9.88 Å². The highest BCUT2D eigenvalue weighted by molar-refractivity contribution is 5.92. The molecule has 5 nitrogen and oxygen atoms in total. The van der Waals surface area contributed by atoms with E-state index in [1.165, 1.54) is 6.07 Å². The molecular weight excluding hydrogens is 316 g/mol. The third-order valence-electron chi connectivity index (χ3n) is 3.88. The molecule has 3 aromatic rings. The van der Waals surface area contributed by atoms with E-state index in [-0.39, 0.29) is 18.0 Å². The Hall–Kier alpha value is -3.34. The first-order valence-electron chi connectivity index (χ1n) is 7.93. The van der Waals surface area contributed by atoms with Crippen molar-refractivity contribution in [3.05, 3.63) is 95.3 Å². The second kappa shape index (κ2) is 7.49. The van der Waals surface area contributed by atoms with Crippen molar-refractivity contribution in [2.45, 2.75) is 13.1 Å². The Bertz CT molecular complexity index is 885. The molecule has 126 valence electrons. The maximum atomic E-state index is 12.5. The summed E-state index contributed by atoms with van der Waals surface area (Å²) in [6.45, 7) is 0.890. The normalized spacial score (nSPS) is 10.4. The van der Waals surface area contributed by atoms with Crippen molar-refractivity contribution >= 4 is 11.9 Å². The van der Waals surface area contributed by atoms with Crippen LogP contribution in [0.2, 0.25) is 0 Å². The molecule has 0 spiro atoms. The summed E-state index contributed by atoms with van der Waals surface area (Å²) in [7, 11) is 0. The monoisotopic (exact) mass is 334 g/mol. The summed E-state index contributed by atoms with van der Waals surface area (Å²) < 4.78 is 1.89. The van der Waals surface area contributed by atoms with Gasteiger partial charge in [0.15, 0.2) is 0 Å². The average molecular weight is 334 g/mol.